The van der Waals surface area contributed by atoms with Crippen LogP contribution < -0.4 is 4.87 Å². The number of thiazole rings is 1. The Bertz CT molecular complexity index is 1590. The first kappa shape index (κ1) is 21.0. The summed E-state index contributed by atoms with van der Waals surface area (Å²) in [7, 11) is 0. The van der Waals surface area contributed by atoms with E-state index in [1.807, 2.05) is 24.3 Å². The summed E-state index contributed by atoms with van der Waals surface area (Å²) in [5, 5.41) is 21.6. The van der Waals surface area contributed by atoms with Crippen molar-refractivity contribution in [2.45, 2.75) is 26.8 Å². The topological polar surface area (TPSA) is 95.3 Å². The molecule has 0 aliphatic carbocycles. The van der Waals surface area contributed by atoms with Crippen LogP contribution in [0.4, 0.5) is 0 Å². The molecule has 6 nitrogen and oxygen atoms in total. The highest BCUT2D eigenvalue weighted by Gasteiger charge is 2.19. The molecule has 2 aromatic heterocycles. The average Bonchev–Trinajstić information content (AvgIpc) is 3.29. The number of aryl methyl sites for hydroxylation is 2. The molecule has 166 valence electrons. The molecule has 0 radical (unpaired) electrons. The number of nitrogens with one attached hydrogen (secondary N) is 1. The number of aromatic amines is 1. The summed E-state index contributed by atoms with van der Waals surface area (Å²) in [6, 6.07) is 17.4. The quantitative estimate of drug-likeness (QED) is 0.337. The van der Waals surface area contributed by atoms with Crippen LogP contribution in [-0.2, 0) is 13.0 Å². The molecular formula is C26H22N2O4S. The molecule has 0 aliphatic rings. The first-order chi connectivity index (χ1) is 15.8. The normalized spacial score (nSPS) is 11.5. The summed E-state index contributed by atoms with van der Waals surface area (Å²) in [5.41, 5.74) is 6.81. The average molecular weight is 459 g/mol. The van der Waals surface area contributed by atoms with Crippen LogP contribution in [0.5, 0.6) is 5.88 Å². The molecule has 0 aliphatic heterocycles. The maximum atomic E-state index is 11.6. The molecule has 0 saturated heterocycles. The van der Waals surface area contributed by atoms with Gasteiger partial charge in [-0.25, -0.2) is 4.79 Å². The molecule has 5 aromatic rings. The maximum Gasteiger partial charge on any atom is 0.335 e. The zero-order chi connectivity index (χ0) is 23.3. The highest BCUT2D eigenvalue weighted by molar-refractivity contribution is 7.09. The van der Waals surface area contributed by atoms with E-state index in [-0.39, 0.29) is 16.3 Å². The van der Waals surface area contributed by atoms with Crippen molar-refractivity contribution >= 4 is 39.1 Å². The minimum Gasteiger partial charge on any atom is -0.494 e. The number of aromatic nitrogens is 2. The van der Waals surface area contributed by atoms with Gasteiger partial charge in [-0.2, -0.15) is 0 Å². The minimum atomic E-state index is -0.934. The molecule has 7 heteroatoms. The number of fused-ring (bicyclic) bond motifs is 3. The van der Waals surface area contributed by atoms with E-state index in [1.165, 1.54) is 0 Å². The van der Waals surface area contributed by atoms with Crippen LogP contribution in [-0.4, -0.2) is 25.7 Å². The summed E-state index contributed by atoms with van der Waals surface area (Å²) < 4.78 is 2.28. The molecule has 0 fully saturated rings. The number of aromatic hydroxyl groups is 1. The van der Waals surface area contributed by atoms with Crippen LogP contribution in [0.25, 0.3) is 21.8 Å². The lowest BCUT2D eigenvalue weighted by Gasteiger charge is -2.13. The summed E-state index contributed by atoms with van der Waals surface area (Å²) >= 11 is 1.03. The number of benzene rings is 3. The lowest BCUT2D eigenvalue weighted by molar-refractivity contribution is 0.0697. The van der Waals surface area contributed by atoms with Gasteiger partial charge in [0.15, 0.2) is 0 Å². The van der Waals surface area contributed by atoms with Crippen molar-refractivity contribution in [3.63, 3.8) is 0 Å². The lowest BCUT2D eigenvalue weighted by Crippen LogP contribution is -2.03. The van der Waals surface area contributed by atoms with Gasteiger partial charge in [0, 0.05) is 29.3 Å². The Hall–Kier alpha value is -3.84. The number of carboxylic acid groups (broad SMARTS) is 1. The first-order valence-electron chi connectivity index (χ1n) is 10.6. The van der Waals surface area contributed by atoms with Gasteiger partial charge in [-0.3, -0.25) is 9.78 Å². The Morgan fingerprint density at radius 1 is 1.09 bits per heavy atom. The molecule has 0 amide bonds. The Kier molecular flexibility index (Phi) is 5.06. The van der Waals surface area contributed by atoms with E-state index in [1.54, 1.807) is 12.1 Å². The maximum absolute atomic E-state index is 11.6. The minimum absolute atomic E-state index is 0.0608. The molecule has 5 rings (SSSR count). The second kappa shape index (κ2) is 7.94. The number of nitrogens with zero attached hydrogens (tertiary/aromatic N) is 1. The van der Waals surface area contributed by atoms with E-state index in [4.69, 9.17) is 0 Å². The summed E-state index contributed by atoms with van der Waals surface area (Å²) in [4.78, 5) is 25.7. The van der Waals surface area contributed by atoms with Crippen LogP contribution in [0.1, 0.15) is 37.5 Å². The zero-order valence-corrected chi connectivity index (χ0v) is 19.0. The van der Waals surface area contributed by atoms with E-state index < -0.39 is 5.97 Å². The fraction of sp³-hybridized carbons (Fsp3) is 0.154. The first-order valence-corrected chi connectivity index (χ1v) is 11.4. The van der Waals surface area contributed by atoms with Gasteiger partial charge in [-0.1, -0.05) is 47.7 Å². The number of hydrogen-bond donors (Lipinski definition) is 3. The third-order valence-electron chi connectivity index (χ3n) is 6.18. The number of carboxylic acids is 1. The van der Waals surface area contributed by atoms with Crippen molar-refractivity contribution in [1.82, 2.24) is 9.55 Å². The van der Waals surface area contributed by atoms with Gasteiger partial charge in [0.25, 0.3) is 0 Å². The van der Waals surface area contributed by atoms with Crippen LogP contribution in [0.2, 0.25) is 0 Å². The standard InChI is InChI=1S/C26H22N2O4S/c1-14-11-18(12-21-24(29)27-26(32)33-21)15(2)22-19-5-3-4-6-20(19)28(23(14)22)13-16-7-9-17(10-8-16)25(30)31/h3-11,29H,12-13H2,1-2H3,(H,27,32)(H,30,31). The van der Waals surface area contributed by atoms with E-state index in [9.17, 15) is 19.8 Å². The summed E-state index contributed by atoms with van der Waals surface area (Å²) in [6.45, 7) is 4.78. The van der Waals surface area contributed by atoms with Crippen LogP contribution in [0, 0.1) is 13.8 Å². The third-order valence-corrected chi connectivity index (χ3v) is 7.06. The van der Waals surface area contributed by atoms with Gasteiger partial charge in [0.1, 0.15) is 0 Å². The summed E-state index contributed by atoms with van der Waals surface area (Å²) in [6.07, 6.45) is 0.480. The Labute approximate surface area is 193 Å². The fourth-order valence-electron chi connectivity index (χ4n) is 4.62. The SMILES string of the molecule is Cc1c(Cc2sc(=O)[nH]c2O)cc(C)c2c1c1ccccc1n2Cc1ccc(C(=O)O)cc1. The predicted molar refractivity (Wildman–Crippen MR) is 131 cm³/mol. The third kappa shape index (κ3) is 3.60. The van der Waals surface area contributed by atoms with E-state index in [0.717, 1.165) is 55.4 Å². The fourth-order valence-corrected chi connectivity index (χ4v) is 5.37. The van der Waals surface area contributed by atoms with Crippen molar-refractivity contribution in [3.8, 4) is 5.88 Å². The Morgan fingerprint density at radius 3 is 2.48 bits per heavy atom. The second-order valence-corrected chi connectivity index (χ2v) is 9.34. The van der Waals surface area contributed by atoms with Crippen molar-refractivity contribution in [3.05, 3.63) is 97.0 Å². The van der Waals surface area contributed by atoms with Gasteiger partial charge in [0.2, 0.25) is 5.88 Å². The number of hydrogen-bond acceptors (Lipinski definition) is 4. The van der Waals surface area contributed by atoms with Gasteiger partial charge < -0.3 is 14.8 Å². The number of carbonyl (C=O) groups is 1. The molecule has 33 heavy (non-hydrogen) atoms. The van der Waals surface area contributed by atoms with E-state index in [2.05, 4.69) is 41.6 Å². The van der Waals surface area contributed by atoms with Gasteiger partial charge in [0.05, 0.1) is 16.0 Å². The molecular weight excluding hydrogens is 436 g/mol. The molecule has 3 aromatic carbocycles. The molecule has 0 unspecified atom stereocenters. The van der Waals surface area contributed by atoms with E-state index in [0.29, 0.717) is 17.8 Å². The predicted octanol–water partition coefficient (Wildman–Crippen LogP) is 5.20. The number of H-pyrrole nitrogens is 1. The van der Waals surface area contributed by atoms with Crippen molar-refractivity contribution in [2.24, 2.45) is 0 Å². The Morgan fingerprint density at radius 2 is 1.82 bits per heavy atom. The Balaban J connectivity index is 1.68. The molecule has 2 heterocycles. The zero-order valence-electron chi connectivity index (χ0n) is 18.2. The number of aromatic carboxylic acids is 1. The van der Waals surface area contributed by atoms with Crippen molar-refractivity contribution in [1.29, 1.82) is 0 Å². The van der Waals surface area contributed by atoms with Gasteiger partial charge >= 0.3 is 10.8 Å². The van der Waals surface area contributed by atoms with Crippen molar-refractivity contribution < 1.29 is 15.0 Å². The molecule has 3 N–H and O–H groups in total. The molecule has 0 saturated carbocycles. The largest absolute Gasteiger partial charge is 0.494 e. The number of rotatable bonds is 5. The highest BCUT2D eigenvalue weighted by atomic mass is 32.1. The monoisotopic (exact) mass is 458 g/mol. The molecule has 0 atom stereocenters. The van der Waals surface area contributed by atoms with Gasteiger partial charge in [-0.05, 0) is 54.3 Å². The lowest BCUT2D eigenvalue weighted by atomic mass is 9.96. The number of para-hydroxylation sites is 1. The molecule has 0 spiro atoms. The van der Waals surface area contributed by atoms with Crippen LogP contribution >= 0.6 is 11.3 Å². The van der Waals surface area contributed by atoms with Crippen molar-refractivity contribution in [2.75, 3.05) is 0 Å². The van der Waals surface area contributed by atoms with Crippen LogP contribution in [0.3, 0.4) is 0 Å². The van der Waals surface area contributed by atoms with Gasteiger partial charge in [-0.15, -0.1) is 0 Å². The second-order valence-electron chi connectivity index (χ2n) is 8.27. The summed E-state index contributed by atoms with van der Waals surface area (Å²) in [5.74, 6) is -0.995. The molecule has 0 bridgehead atoms. The highest BCUT2D eigenvalue weighted by Crippen LogP contribution is 2.37. The van der Waals surface area contributed by atoms with Crippen LogP contribution in [0.15, 0.2) is 59.4 Å². The van der Waals surface area contributed by atoms with E-state index >= 15 is 0 Å². The smallest absolute Gasteiger partial charge is 0.335 e.